The lowest BCUT2D eigenvalue weighted by Gasteiger charge is -2.07. The van der Waals surface area contributed by atoms with E-state index in [4.69, 9.17) is 4.42 Å². The first-order chi connectivity index (χ1) is 8.19. The molecule has 0 fully saturated rings. The molecular formula is C12H14FN3O. The van der Waals surface area contributed by atoms with E-state index in [2.05, 4.69) is 15.5 Å². The van der Waals surface area contributed by atoms with Crippen molar-refractivity contribution in [3.05, 3.63) is 41.4 Å². The first-order valence-corrected chi connectivity index (χ1v) is 5.50. The number of nitrogens with zero attached hydrogens (tertiary/aromatic N) is 2. The van der Waals surface area contributed by atoms with Gasteiger partial charge in [0.25, 0.3) is 0 Å². The average molecular weight is 235 g/mol. The molecule has 0 atom stereocenters. The zero-order valence-corrected chi connectivity index (χ0v) is 9.83. The zero-order valence-electron chi connectivity index (χ0n) is 9.83. The van der Waals surface area contributed by atoms with Crippen LogP contribution in [0.25, 0.3) is 0 Å². The Kier molecular flexibility index (Phi) is 3.37. The van der Waals surface area contributed by atoms with E-state index in [-0.39, 0.29) is 5.82 Å². The van der Waals surface area contributed by atoms with Gasteiger partial charge in [-0.25, -0.2) is 4.39 Å². The van der Waals surface area contributed by atoms with Crippen molar-refractivity contribution < 1.29 is 8.81 Å². The lowest BCUT2D eigenvalue weighted by Crippen LogP contribution is -2.01. The molecule has 4 nitrogen and oxygen atoms in total. The van der Waals surface area contributed by atoms with Gasteiger partial charge in [-0.3, -0.25) is 0 Å². The highest BCUT2D eigenvalue weighted by atomic mass is 19.1. The fourth-order valence-corrected chi connectivity index (χ4v) is 1.46. The Balaban J connectivity index is 2.04. The number of aromatic nitrogens is 2. The van der Waals surface area contributed by atoms with Crippen molar-refractivity contribution in [1.29, 1.82) is 0 Å². The lowest BCUT2D eigenvalue weighted by molar-refractivity contribution is 0.460. The smallest absolute Gasteiger partial charge is 0.235 e. The van der Waals surface area contributed by atoms with Crippen LogP contribution in [0.3, 0.4) is 0 Å². The first kappa shape index (κ1) is 11.6. The molecule has 1 heterocycles. The van der Waals surface area contributed by atoms with Crippen LogP contribution in [0.15, 0.2) is 22.6 Å². The molecule has 2 rings (SSSR count). The molecular weight excluding hydrogens is 221 g/mol. The van der Waals surface area contributed by atoms with Crippen LogP contribution in [0, 0.1) is 12.7 Å². The topological polar surface area (TPSA) is 51.0 Å². The minimum atomic E-state index is -0.266. The summed E-state index contributed by atoms with van der Waals surface area (Å²) in [6.07, 6.45) is 0.714. The molecule has 2 aromatic rings. The molecule has 0 saturated carbocycles. The Labute approximate surface area is 98.9 Å². The van der Waals surface area contributed by atoms with Crippen molar-refractivity contribution in [1.82, 2.24) is 10.2 Å². The molecule has 0 aliphatic rings. The third-order valence-electron chi connectivity index (χ3n) is 2.44. The molecule has 0 aliphatic heterocycles. The van der Waals surface area contributed by atoms with Gasteiger partial charge in [0.15, 0.2) is 0 Å². The molecule has 1 aromatic carbocycles. The largest absolute Gasteiger partial charge is 0.423 e. The summed E-state index contributed by atoms with van der Waals surface area (Å²) < 4.78 is 18.4. The Hall–Kier alpha value is -1.91. The van der Waals surface area contributed by atoms with Gasteiger partial charge >= 0.3 is 0 Å². The highest BCUT2D eigenvalue weighted by Gasteiger charge is 2.05. The fraction of sp³-hybridized carbons (Fsp3) is 0.333. The molecule has 0 saturated heterocycles. The molecule has 90 valence electrons. The molecule has 0 bridgehead atoms. The number of halogens is 1. The van der Waals surface area contributed by atoms with Crippen molar-refractivity contribution in [2.45, 2.75) is 26.8 Å². The molecule has 0 radical (unpaired) electrons. The SMILES string of the molecule is CCc1nnc(CNc2cc(F)ccc2C)o1. The third kappa shape index (κ3) is 2.81. The van der Waals surface area contributed by atoms with E-state index in [0.717, 1.165) is 11.3 Å². The van der Waals surface area contributed by atoms with E-state index in [1.807, 2.05) is 13.8 Å². The van der Waals surface area contributed by atoms with Crippen LogP contribution in [0.1, 0.15) is 24.3 Å². The van der Waals surface area contributed by atoms with Crippen molar-refractivity contribution >= 4 is 5.69 Å². The predicted molar refractivity (Wildman–Crippen MR) is 62.1 cm³/mol. The summed E-state index contributed by atoms with van der Waals surface area (Å²) in [6.45, 7) is 4.26. The molecule has 0 aliphatic carbocycles. The Bertz CT molecular complexity index is 510. The minimum absolute atomic E-state index is 0.266. The highest BCUT2D eigenvalue weighted by Crippen LogP contribution is 2.16. The monoisotopic (exact) mass is 235 g/mol. The van der Waals surface area contributed by atoms with Crippen molar-refractivity contribution in [2.24, 2.45) is 0 Å². The molecule has 0 unspecified atom stereocenters. The van der Waals surface area contributed by atoms with Gasteiger partial charge < -0.3 is 9.73 Å². The summed E-state index contributed by atoms with van der Waals surface area (Å²) in [4.78, 5) is 0. The highest BCUT2D eigenvalue weighted by molar-refractivity contribution is 5.50. The fourth-order valence-electron chi connectivity index (χ4n) is 1.46. The van der Waals surface area contributed by atoms with Crippen molar-refractivity contribution in [3.8, 4) is 0 Å². The second-order valence-electron chi connectivity index (χ2n) is 3.76. The first-order valence-electron chi connectivity index (χ1n) is 5.50. The second kappa shape index (κ2) is 4.95. The summed E-state index contributed by atoms with van der Waals surface area (Å²) in [7, 11) is 0. The van der Waals surface area contributed by atoms with Crippen LogP contribution in [0.4, 0.5) is 10.1 Å². The van der Waals surface area contributed by atoms with E-state index >= 15 is 0 Å². The van der Waals surface area contributed by atoms with Crippen LogP contribution in [0.2, 0.25) is 0 Å². The number of rotatable bonds is 4. The van der Waals surface area contributed by atoms with Crippen LogP contribution < -0.4 is 5.32 Å². The van der Waals surface area contributed by atoms with E-state index in [0.29, 0.717) is 24.7 Å². The van der Waals surface area contributed by atoms with Crippen LogP contribution >= 0.6 is 0 Å². The molecule has 0 amide bonds. The standard InChI is InChI=1S/C12H14FN3O/c1-3-11-15-16-12(17-11)7-14-10-6-9(13)5-4-8(10)2/h4-6,14H,3,7H2,1-2H3. The van der Waals surface area contributed by atoms with Gasteiger partial charge in [0, 0.05) is 12.1 Å². The van der Waals surface area contributed by atoms with Crippen LogP contribution in [0.5, 0.6) is 0 Å². The molecule has 1 aromatic heterocycles. The Morgan fingerprint density at radius 3 is 2.76 bits per heavy atom. The summed E-state index contributed by atoms with van der Waals surface area (Å²) in [6, 6.07) is 4.61. The molecule has 5 heteroatoms. The van der Waals surface area contributed by atoms with Gasteiger partial charge in [-0.15, -0.1) is 10.2 Å². The van der Waals surface area contributed by atoms with E-state index in [1.54, 1.807) is 6.07 Å². The third-order valence-corrected chi connectivity index (χ3v) is 2.44. The minimum Gasteiger partial charge on any atom is -0.423 e. The normalized spacial score (nSPS) is 10.5. The van der Waals surface area contributed by atoms with E-state index in [1.165, 1.54) is 12.1 Å². The number of hydrogen-bond donors (Lipinski definition) is 1. The van der Waals surface area contributed by atoms with Gasteiger partial charge in [0.2, 0.25) is 11.8 Å². The number of benzene rings is 1. The van der Waals surface area contributed by atoms with Gasteiger partial charge in [0.1, 0.15) is 5.82 Å². The average Bonchev–Trinajstić information content (AvgIpc) is 2.78. The maximum Gasteiger partial charge on any atom is 0.235 e. The summed E-state index contributed by atoms with van der Waals surface area (Å²) in [5, 5.41) is 10.8. The van der Waals surface area contributed by atoms with Gasteiger partial charge in [-0.1, -0.05) is 13.0 Å². The van der Waals surface area contributed by atoms with E-state index < -0.39 is 0 Å². The number of hydrogen-bond acceptors (Lipinski definition) is 4. The Morgan fingerprint density at radius 1 is 1.29 bits per heavy atom. The zero-order chi connectivity index (χ0) is 12.3. The summed E-state index contributed by atoms with van der Waals surface area (Å²) in [5.41, 5.74) is 1.71. The number of aryl methyl sites for hydroxylation is 2. The number of nitrogens with one attached hydrogen (secondary N) is 1. The second-order valence-corrected chi connectivity index (χ2v) is 3.76. The van der Waals surface area contributed by atoms with E-state index in [9.17, 15) is 4.39 Å². The van der Waals surface area contributed by atoms with Crippen molar-refractivity contribution in [3.63, 3.8) is 0 Å². The van der Waals surface area contributed by atoms with Gasteiger partial charge in [-0.05, 0) is 24.6 Å². The van der Waals surface area contributed by atoms with Crippen molar-refractivity contribution in [2.75, 3.05) is 5.32 Å². The maximum atomic E-state index is 13.0. The molecule has 17 heavy (non-hydrogen) atoms. The quantitative estimate of drug-likeness (QED) is 0.885. The van der Waals surface area contributed by atoms with Gasteiger partial charge in [0.05, 0.1) is 6.54 Å². The Morgan fingerprint density at radius 2 is 2.06 bits per heavy atom. The number of anilines is 1. The van der Waals surface area contributed by atoms with Gasteiger partial charge in [-0.2, -0.15) is 0 Å². The maximum absolute atomic E-state index is 13.0. The lowest BCUT2D eigenvalue weighted by atomic mass is 10.2. The van der Waals surface area contributed by atoms with Crippen LogP contribution in [-0.2, 0) is 13.0 Å². The molecule has 1 N–H and O–H groups in total. The molecule has 0 spiro atoms. The predicted octanol–water partition coefficient (Wildman–Crippen LogP) is 2.69. The summed E-state index contributed by atoms with van der Waals surface area (Å²) in [5.74, 6) is 0.848. The summed E-state index contributed by atoms with van der Waals surface area (Å²) >= 11 is 0. The van der Waals surface area contributed by atoms with Crippen LogP contribution in [-0.4, -0.2) is 10.2 Å².